The minimum atomic E-state index is -0.534. The summed E-state index contributed by atoms with van der Waals surface area (Å²) < 4.78 is 11.3. The van der Waals surface area contributed by atoms with E-state index in [1.807, 2.05) is 31.2 Å². The highest BCUT2D eigenvalue weighted by Gasteiger charge is 2.09. The monoisotopic (exact) mass is 391 g/mol. The Morgan fingerprint density at radius 2 is 1.88 bits per heavy atom. The number of ether oxygens (including phenoxy) is 2. The van der Waals surface area contributed by atoms with Crippen molar-refractivity contribution < 1.29 is 19.1 Å². The number of esters is 1. The molecule has 2 aromatic carbocycles. The van der Waals surface area contributed by atoms with Crippen LogP contribution in [0.3, 0.4) is 0 Å². The third-order valence-corrected chi connectivity index (χ3v) is 3.63. The van der Waals surface area contributed by atoms with Gasteiger partial charge in [-0.1, -0.05) is 28.1 Å². The zero-order valence-electron chi connectivity index (χ0n) is 13.3. The van der Waals surface area contributed by atoms with Crippen molar-refractivity contribution in [2.75, 3.05) is 19.8 Å². The fourth-order valence-corrected chi connectivity index (χ4v) is 2.18. The number of amides is 1. The number of benzene rings is 2. The fourth-order valence-electron chi connectivity index (χ4n) is 1.92. The van der Waals surface area contributed by atoms with Crippen molar-refractivity contribution in [1.82, 2.24) is 5.32 Å². The van der Waals surface area contributed by atoms with E-state index in [4.69, 9.17) is 9.47 Å². The molecule has 0 heterocycles. The molecule has 2 aromatic rings. The lowest BCUT2D eigenvalue weighted by atomic mass is 10.2. The van der Waals surface area contributed by atoms with Gasteiger partial charge in [-0.15, -0.1) is 0 Å². The molecule has 0 spiro atoms. The first kappa shape index (κ1) is 18.0. The molecule has 5 nitrogen and oxygen atoms in total. The molecule has 0 fully saturated rings. The van der Waals surface area contributed by atoms with Crippen LogP contribution in [0.4, 0.5) is 0 Å². The largest absolute Gasteiger partial charge is 0.492 e. The summed E-state index contributed by atoms with van der Waals surface area (Å²) in [6, 6.07) is 14.4. The molecule has 0 aromatic heterocycles. The third-order valence-electron chi connectivity index (χ3n) is 3.10. The molecule has 1 N–H and O–H groups in total. The van der Waals surface area contributed by atoms with Gasteiger partial charge < -0.3 is 14.8 Å². The molecule has 0 aliphatic rings. The molecule has 0 unspecified atom stereocenters. The summed E-state index contributed by atoms with van der Waals surface area (Å²) in [5, 5.41) is 2.63. The van der Waals surface area contributed by atoms with Crippen LogP contribution in [0.2, 0.25) is 0 Å². The number of nitrogens with one attached hydrogen (secondary N) is 1. The average Bonchev–Trinajstić information content (AvgIpc) is 2.57. The SMILES string of the molecule is Cc1cccc(OCCNC(=O)COC(=O)c2ccc(Br)cc2)c1. The van der Waals surface area contributed by atoms with Crippen molar-refractivity contribution in [3.63, 3.8) is 0 Å². The van der Waals surface area contributed by atoms with Crippen LogP contribution < -0.4 is 10.1 Å². The lowest BCUT2D eigenvalue weighted by Crippen LogP contribution is -2.32. The van der Waals surface area contributed by atoms with Crippen molar-refractivity contribution >= 4 is 27.8 Å². The molecule has 0 radical (unpaired) electrons. The van der Waals surface area contributed by atoms with E-state index in [0.29, 0.717) is 18.7 Å². The number of carbonyl (C=O) groups excluding carboxylic acids is 2. The first-order valence-electron chi connectivity index (χ1n) is 7.43. The Hall–Kier alpha value is -2.34. The Bertz CT molecular complexity index is 700. The van der Waals surface area contributed by atoms with E-state index in [1.54, 1.807) is 24.3 Å². The van der Waals surface area contributed by atoms with E-state index in [9.17, 15) is 9.59 Å². The maximum absolute atomic E-state index is 11.8. The van der Waals surface area contributed by atoms with Gasteiger partial charge in [0.25, 0.3) is 5.91 Å². The Morgan fingerprint density at radius 1 is 1.12 bits per heavy atom. The van der Waals surface area contributed by atoms with Gasteiger partial charge in [0.05, 0.1) is 12.1 Å². The second kappa shape index (κ2) is 9.08. The number of carbonyl (C=O) groups is 2. The number of hydrogen-bond acceptors (Lipinski definition) is 4. The predicted molar refractivity (Wildman–Crippen MR) is 94.1 cm³/mol. The minimum absolute atomic E-state index is 0.320. The van der Waals surface area contributed by atoms with Crippen LogP contribution in [0.25, 0.3) is 0 Å². The molecule has 1 amide bonds. The van der Waals surface area contributed by atoms with Crippen molar-refractivity contribution in [1.29, 1.82) is 0 Å². The summed E-state index contributed by atoms with van der Waals surface area (Å²) in [7, 11) is 0. The highest BCUT2D eigenvalue weighted by molar-refractivity contribution is 9.10. The van der Waals surface area contributed by atoms with E-state index >= 15 is 0 Å². The third kappa shape index (κ3) is 6.04. The number of aryl methyl sites for hydroxylation is 1. The van der Waals surface area contributed by atoms with Crippen LogP contribution >= 0.6 is 15.9 Å². The van der Waals surface area contributed by atoms with Gasteiger partial charge in [-0.3, -0.25) is 4.79 Å². The zero-order chi connectivity index (χ0) is 17.4. The maximum Gasteiger partial charge on any atom is 0.338 e. The van der Waals surface area contributed by atoms with E-state index in [1.165, 1.54) is 0 Å². The Morgan fingerprint density at radius 3 is 2.58 bits per heavy atom. The van der Waals surface area contributed by atoms with Crippen molar-refractivity contribution in [3.05, 3.63) is 64.1 Å². The molecule has 24 heavy (non-hydrogen) atoms. The second-order valence-corrected chi connectivity index (χ2v) is 6.01. The van der Waals surface area contributed by atoms with E-state index in [-0.39, 0.29) is 12.5 Å². The predicted octanol–water partition coefficient (Wildman–Crippen LogP) is 3.11. The number of hydrogen-bond donors (Lipinski definition) is 1. The zero-order valence-corrected chi connectivity index (χ0v) is 14.8. The van der Waals surface area contributed by atoms with Crippen LogP contribution in [-0.2, 0) is 9.53 Å². The van der Waals surface area contributed by atoms with E-state index in [0.717, 1.165) is 15.8 Å². The standard InChI is InChI=1S/C18H18BrNO4/c1-13-3-2-4-16(11-13)23-10-9-20-17(21)12-24-18(22)14-5-7-15(19)8-6-14/h2-8,11H,9-10,12H2,1H3,(H,20,21). The Labute approximate surface area is 149 Å². The van der Waals surface area contributed by atoms with Gasteiger partial charge >= 0.3 is 5.97 Å². The highest BCUT2D eigenvalue weighted by atomic mass is 79.9. The van der Waals surface area contributed by atoms with Gasteiger partial charge in [-0.05, 0) is 48.9 Å². The Balaban J connectivity index is 1.64. The number of rotatable bonds is 7. The minimum Gasteiger partial charge on any atom is -0.492 e. The van der Waals surface area contributed by atoms with E-state index in [2.05, 4.69) is 21.2 Å². The van der Waals surface area contributed by atoms with Gasteiger partial charge in [-0.2, -0.15) is 0 Å². The molecule has 0 bridgehead atoms. The molecule has 0 saturated carbocycles. The summed E-state index contributed by atoms with van der Waals surface area (Å²) in [6.07, 6.45) is 0. The Kier molecular flexibility index (Phi) is 6.81. The van der Waals surface area contributed by atoms with Crippen molar-refractivity contribution in [2.45, 2.75) is 6.92 Å². The summed E-state index contributed by atoms with van der Waals surface area (Å²) in [4.78, 5) is 23.4. The molecule has 0 aliphatic heterocycles. The maximum atomic E-state index is 11.8. The molecule has 126 valence electrons. The van der Waals surface area contributed by atoms with Gasteiger partial charge in [0, 0.05) is 4.47 Å². The molecule has 6 heteroatoms. The molecule has 0 saturated heterocycles. The van der Waals surface area contributed by atoms with E-state index < -0.39 is 5.97 Å². The molecule has 0 aliphatic carbocycles. The van der Waals surface area contributed by atoms with Crippen LogP contribution in [0.5, 0.6) is 5.75 Å². The normalized spacial score (nSPS) is 10.1. The quantitative estimate of drug-likeness (QED) is 0.581. The summed E-state index contributed by atoms with van der Waals surface area (Å²) >= 11 is 3.28. The first-order valence-corrected chi connectivity index (χ1v) is 8.23. The molecule has 2 rings (SSSR count). The van der Waals surface area contributed by atoms with Crippen LogP contribution in [0, 0.1) is 6.92 Å². The van der Waals surface area contributed by atoms with Crippen LogP contribution in [0.1, 0.15) is 15.9 Å². The van der Waals surface area contributed by atoms with Gasteiger partial charge in [0.2, 0.25) is 0 Å². The van der Waals surface area contributed by atoms with Crippen molar-refractivity contribution in [2.24, 2.45) is 0 Å². The summed E-state index contributed by atoms with van der Waals surface area (Å²) in [5.41, 5.74) is 1.50. The fraction of sp³-hybridized carbons (Fsp3) is 0.222. The number of halogens is 1. The second-order valence-electron chi connectivity index (χ2n) is 5.10. The molecule has 0 atom stereocenters. The van der Waals surface area contributed by atoms with Gasteiger partial charge in [-0.25, -0.2) is 4.79 Å². The first-order chi connectivity index (χ1) is 11.5. The van der Waals surface area contributed by atoms with Crippen LogP contribution in [0.15, 0.2) is 53.0 Å². The summed E-state index contributed by atoms with van der Waals surface area (Å²) in [6.45, 7) is 2.34. The molecular formula is C18H18BrNO4. The van der Waals surface area contributed by atoms with Crippen LogP contribution in [-0.4, -0.2) is 31.6 Å². The average molecular weight is 392 g/mol. The lowest BCUT2D eigenvalue weighted by Gasteiger charge is -2.09. The highest BCUT2D eigenvalue weighted by Crippen LogP contribution is 2.12. The molecular weight excluding hydrogens is 374 g/mol. The van der Waals surface area contributed by atoms with Crippen molar-refractivity contribution in [3.8, 4) is 5.75 Å². The topological polar surface area (TPSA) is 64.6 Å². The smallest absolute Gasteiger partial charge is 0.338 e. The van der Waals surface area contributed by atoms with Gasteiger partial charge in [0.1, 0.15) is 12.4 Å². The van der Waals surface area contributed by atoms with Gasteiger partial charge in [0.15, 0.2) is 6.61 Å². The summed E-state index contributed by atoms with van der Waals surface area (Å²) in [5.74, 6) is -0.145. The lowest BCUT2D eigenvalue weighted by molar-refractivity contribution is -0.124.